The Morgan fingerprint density at radius 3 is 2.69 bits per heavy atom. The largest absolute Gasteiger partial charge is 0.475 e. The third-order valence-electron chi connectivity index (χ3n) is 2.37. The van der Waals surface area contributed by atoms with E-state index in [1.807, 2.05) is 0 Å². The molecule has 16 heavy (non-hydrogen) atoms. The predicted octanol–water partition coefficient (Wildman–Crippen LogP) is 0.927. The maximum Gasteiger partial charge on any atom is 0.377 e. The molecule has 0 aliphatic heterocycles. The van der Waals surface area contributed by atoms with Gasteiger partial charge in [0.25, 0.3) is 5.78 Å². The summed E-state index contributed by atoms with van der Waals surface area (Å²) in [5, 5.41) is 18.1. The van der Waals surface area contributed by atoms with Gasteiger partial charge in [0.05, 0.1) is 12.2 Å². The quantitative estimate of drug-likeness (QED) is 0.529. The van der Waals surface area contributed by atoms with E-state index in [4.69, 9.17) is 10.2 Å². The number of hydrogen-bond donors (Lipinski definition) is 3. The van der Waals surface area contributed by atoms with Crippen molar-refractivity contribution in [3.05, 3.63) is 35.5 Å². The van der Waals surface area contributed by atoms with Gasteiger partial charge < -0.3 is 15.2 Å². The number of carbonyl (C=O) groups is 2. The lowest BCUT2D eigenvalue weighted by molar-refractivity contribution is -0.131. The number of nitrogens with one attached hydrogen (secondary N) is 1. The van der Waals surface area contributed by atoms with Crippen molar-refractivity contribution in [2.45, 2.75) is 6.61 Å². The van der Waals surface area contributed by atoms with Crippen LogP contribution in [-0.2, 0) is 11.4 Å². The van der Waals surface area contributed by atoms with Crippen LogP contribution in [0.5, 0.6) is 0 Å². The molecule has 0 atom stereocenters. The fraction of sp³-hybridized carbons (Fsp3) is 0.0909. The number of carbonyl (C=O) groups excluding carboxylic acids is 1. The first-order chi connectivity index (χ1) is 7.63. The molecular formula is C11H9NO4. The van der Waals surface area contributed by atoms with E-state index in [0.717, 1.165) is 0 Å². The molecule has 5 nitrogen and oxygen atoms in total. The predicted molar refractivity (Wildman–Crippen MR) is 56.2 cm³/mol. The zero-order valence-electron chi connectivity index (χ0n) is 8.23. The summed E-state index contributed by atoms with van der Waals surface area (Å²) in [5.41, 5.74) is 1.46. The Balaban J connectivity index is 2.58. The first kappa shape index (κ1) is 10.4. The number of Topliss-reactive ketones (excluding diaryl/α,β-unsaturated/α-hetero) is 1. The van der Waals surface area contributed by atoms with Crippen LogP contribution in [0.4, 0.5) is 0 Å². The topological polar surface area (TPSA) is 90.4 Å². The van der Waals surface area contributed by atoms with Crippen molar-refractivity contribution in [2.24, 2.45) is 0 Å². The third-order valence-corrected chi connectivity index (χ3v) is 2.37. The highest BCUT2D eigenvalue weighted by atomic mass is 16.4. The minimum Gasteiger partial charge on any atom is -0.475 e. The smallest absolute Gasteiger partial charge is 0.377 e. The number of carboxylic acid groups (broad SMARTS) is 1. The molecule has 0 aliphatic rings. The second-order valence-electron chi connectivity index (χ2n) is 3.37. The lowest BCUT2D eigenvalue weighted by Crippen LogP contribution is -2.11. The van der Waals surface area contributed by atoms with E-state index in [9.17, 15) is 9.59 Å². The number of aliphatic carboxylic acids is 1. The van der Waals surface area contributed by atoms with Gasteiger partial charge in [0, 0.05) is 17.1 Å². The summed E-state index contributed by atoms with van der Waals surface area (Å²) in [7, 11) is 0. The molecule has 0 bridgehead atoms. The Morgan fingerprint density at radius 1 is 1.31 bits per heavy atom. The molecule has 0 saturated carbocycles. The molecule has 82 valence electrons. The minimum atomic E-state index is -1.48. The van der Waals surface area contributed by atoms with Crippen molar-refractivity contribution in [3.63, 3.8) is 0 Å². The summed E-state index contributed by atoms with van der Waals surface area (Å²) in [6, 6.07) is 4.94. The van der Waals surface area contributed by atoms with Crippen LogP contribution in [0, 0.1) is 0 Å². The lowest BCUT2D eigenvalue weighted by Gasteiger charge is -1.97. The average Bonchev–Trinajstić information content (AvgIpc) is 2.70. The zero-order chi connectivity index (χ0) is 11.7. The Hall–Kier alpha value is -2.14. The third kappa shape index (κ3) is 1.57. The van der Waals surface area contributed by atoms with E-state index in [2.05, 4.69) is 4.98 Å². The van der Waals surface area contributed by atoms with Crippen LogP contribution in [0.15, 0.2) is 24.4 Å². The number of hydrogen-bond acceptors (Lipinski definition) is 3. The molecule has 0 radical (unpaired) electrons. The van der Waals surface area contributed by atoms with E-state index in [1.165, 1.54) is 6.20 Å². The van der Waals surface area contributed by atoms with Gasteiger partial charge in [0.15, 0.2) is 0 Å². The van der Waals surface area contributed by atoms with E-state index in [1.54, 1.807) is 18.2 Å². The first-order valence-electron chi connectivity index (χ1n) is 4.62. The molecule has 5 heteroatoms. The zero-order valence-corrected chi connectivity index (χ0v) is 8.23. The van der Waals surface area contributed by atoms with Gasteiger partial charge in [-0.15, -0.1) is 0 Å². The molecule has 0 aliphatic carbocycles. The Labute approximate surface area is 90.3 Å². The van der Waals surface area contributed by atoms with E-state index in [0.29, 0.717) is 16.5 Å². The normalized spacial score (nSPS) is 10.6. The molecule has 2 aromatic rings. The number of aromatic amines is 1. The number of ketones is 1. The van der Waals surface area contributed by atoms with E-state index in [-0.39, 0.29) is 12.2 Å². The highest BCUT2D eigenvalue weighted by molar-refractivity contribution is 6.42. The second kappa shape index (κ2) is 3.79. The van der Waals surface area contributed by atoms with Crippen molar-refractivity contribution in [1.29, 1.82) is 0 Å². The van der Waals surface area contributed by atoms with Gasteiger partial charge in [0.2, 0.25) is 0 Å². The highest BCUT2D eigenvalue weighted by Gasteiger charge is 2.18. The van der Waals surface area contributed by atoms with E-state index >= 15 is 0 Å². The summed E-state index contributed by atoms with van der Waals surface area (Å²) >= 11 is 0. The number of carboxylic acids is 1. The van der Waals surface area contributed by atoms with Crippen molar-refractivity contribution in [3.8, 4) is 0 Å². The molecule has 2 rings (SSSR count). The molecule has 0 amide bonds. The molecule has 0 fully saturated rings. The van der Waals surface area contributed by atoms with Crippen molar-refractivity contribution < 1.29 is 19.8 Å². The Kier molecular flexibility index (Phi) is 2.46. The van der Waals surface area contributed by atoms with Crippen LogP contribution < -0.4 is 0 Å². The summed E-state index contributed by atoms with van der Waals surface area (Å²) in [6.45, 7) is -0.100. The lowest BCUT2D eigenvalue weighted by atomic mass is 10.1. The van der Waals surface area contributed by atoms with Crippen molar-refractivity contribution in [1.82, 2.24) is 4.98 Å². The number of H-pyrrole nitrogens is 1. The average molecular weight is 219 g/mol. The fourth-order valence-electron chi connectivity index (χ4n) is 1.57. The van der Waals surface area contributed by atoms with Gasteiger partial charge in [-0.05, 0) is 11.6 Å². The highest BCUT2D eigenvalue weighted by Crippen LogP contribution is 2.20. The summed E-state index contributed by atoms with van der Waals surface area (Å²) < 4.78 is 0. The summed E-state index contributed by atoms with van der Waals surface area (Å²) in [6.07, 6.45) is 1.36. The number of aliphatic hydroxyl groups is 1. The van der Waals surface area contributed by atoms with Crippen molar-refractivity contribution >= 4 is 22.7 Å². The molecular weight excluding hydrogens is 210 g/mol. The van der Waals surface area contributed by atoms with Crippen LogP contribution in [0.3, 0.4) is 0 Å². The summed E-state index contributed by atoms with van der Waals surface area (Å²) in [5.74, 6) is -2.42. The van der Waals surface area contributed by atoms with Crippen molar-refractivity contribution in [2.75, 3.05) is 0 Å². The molecule has 0 saturated heterocycles. The van der Waals surface area contributed by atoms with Crippen LogP contribution in [0.2, 0.25) is 0 Å². The number of benzene rings is 1. The first-order valence-corrected chi connectivity index (χ1v) is 4.62. The van der Waals surface area contributed by atoms with Crippen LogP contribution in [0.25, 0.3) is 10.9 Å². The van der Waals surface area contributed by atoms with Gasteiger partial charge in [-0.2, -0.15) is 0 Å². The monoisotopic (exact) mass is 219 g/mol. The standard InChI is InChI=1S/C11H9NO4/c13-5-6-1-2-7-8(10(14)11(15)16)4-12-9(7)3-6/h1-4,12-13H,5H2,(H,15,16). The maximum atomic E-state index is 11.3. The molecule has 3 N–H and O–H groups in total. The van der Waals surface area contributed by atoms with Gasteiger partial charge >= 0.3 is 5.97 Å². The maximum absolute atomic E-state index is 11.3. The summed E-state index contributed by atoms with van der Waals surface area (Å²) in [4.78, 5) is 24.7. The second-order valence-corrected chi connectivity index (χ2v) is 3.37. The Morgan fingerprint density at radius 2 is 2.06 bits per heavy atom. The number of aliphatic hydroxyl groups excluding tert-OH is 1. The molecule has 1 aromatic carbocycles. The molecule has 1 heterocycles. The van der Waals surface area contributed by atoms with E-state index < -0.39 is 11.8 Å². The van der Waals surface area contributed by atoms with Gasteiger partial charge in [0.1, 0.15) is 0 Å². The van der Waals surface area contributed by atoms with Gasteiger partial charge in [-0.3, -0.25) is 4.79 Å². The van der Waals surface area contributed by atoms with Crippen LogP contribution in [0.1, 0.15) is 15.9 Å². The molecule has 0 unspecified atom stereocenters. The Bertz CT molecular complexity index is 570. The van der Waals surface area contributed by atoms with Gasteiger partial charge in [-0.1, -0.05) is 12.1 Å². The number of fused-ring (bicyclic) bond motifs is 1. The molecule has 1 aromatic heterocycles. The number of aromatic nitrogens is 1. The fourth-order valence-corrected chi connectivity index (χ4v) is 1.57. The minimum absolute atomic E-state index is 0.100. The van der Waals surface area contributed by atoms with Crippen LogP contribution >= 0.6 is 0 Å². The number of rotatable bonds is 3. The SMILES string of the molecule is O=C(O)C(=O)c1c[nH]c2cc(CO)ccc12. The molecule has 0 spiro atoms. The van der Waals surface area contributed by atoms with Gasteiger partial charge in [-0.25, -0.2) is 4.79 Å². The van der Waals surface area contributed by atoms with Crippen LogP contribution in [-0.4, -0.2) is 26.9 Å².